The summed E-state index contributed by atoms with van der Waals surface area (Å²) >= 11 is 0. The number of hydrogen-bond acceptors (Lipinski definition) is 6. The van der Waals surface area contributed by atoms with E-state index in [0.29, 0.717) is 13.2 Å². The highest BCUT2D eigenvalue weighted by Crippen LogP contribution is 2.21. The van der Waals surface area contributed by atoms with E-state index < -0.39 is 25.0 Å². The van der Waals surface area contributed by atoms with Crippen molar-refractivity contribution >= 4 is 19.1 Å². The van der Waals surface area contributed by atoms with E-state index in [1.54, 1.807) is 12.1 Å². The highest BCUT2D eigenvalue weighted by atomic mass is 16.6. The molecule has 0 radical (unpaired) electrons. The molecule has 0 atom stereocenters. The molecule has 0 aromatic rings. The molecule has 7 heteroatoms. The molecule has 0 amide bonds. The van der Waals surface area contributed by atoms with Crippen molar-refractivity contribution in [2.75, 3.05) is 27.4 Å². The Labute approximate surface area is 119 Å². The minimum absolute atomic E-state index is 0.00487. The van der Waals surface area contributed by atoms with Gasteiger partial charge in [-0.15, -0.1) is 0 Å². The lowest BCUT2D eigenvalue weighted by molar-refractivity contribution is -0.158. The highest BCUT2D eigenvalue weighted by molar-refractivity contribution is 6.50. The van der Waals surface area contributed by atoms with Crippen molar-refractivity contribution in [3.05, 3.63) is 12.1 Å². The summed E-state index contributed by atoms with van der Waals surface area (Å²) in [5, 5.41) is 0. The van der Waals surface area contributed by atoms with Crippen LogP contribution in [0.5, 0.6) is 0 Å². The third-order valence-electron chi connectivity index (χ3n) is 2.91. The monoisotopic (exact) mass is 284 g/mol. The summed E-state index contributed by atoms with van der Waals surface area (Å²) < 4.78 is 20.2. The van der Waals surface area contributed by atoms with Gasteiger partial charge >= 0.3 is 19.1 Å². The number of hydrogen-bond donors (Lipinski definition) is 0. The van der Waals surface area contributed by atoms with Crippen LogP contribution in [-0.2, 0) is 28.4 Å². The predicted octanol–water partition coefficient (Wildman–Crippen LogP) is 0.995. The summed E-state index contributed by atoms with van der Waals surface area (Å²) in [6.45, 7) is 5.30. The Kier molecular flexibility index (Phi) is 6.23. The van der Waals surface area contributed by atoms with Crippen molar-refractivity contribution in [3.8, 4) is 0 Å². The number of rotatable bonds is 5. The van der Waals surface area contributed by atoms with Gasteiger partial charge in [0.25, 0.3) is 0 Å². The Morgan fingerprint density at radius 2 is 1.70 bits per heavy atom. The van der Waals surface area contributed by atoms with E-state index in [4.69, 9.17) is 9.31 Å². The van der Waals surface area contributed by atoms with Gasteiger partial charge in [-0.3, -0.25) is 9.59 Å². The fourth-order valence-electron chi connectivity index (χ4n) is 1.72. The zero-order valence-electron chi connectivity index (χ0n) is 12.4. The summed E-state index contributed by atoms with van der Waals surface area (Å²) in [7, 11) is 2.02. The third-order valence-corrected chi connectivity index (χ3v) is 2.91. The maximum atomic E-state index is 11.5. The van der Waals surface area contributed by atoms with Crippen molar-refractivity contribution in [1.29, 1.82) is 0 Å². The number of carbonyl (C=O) groups excluding carboxylic acids is 2. The third kappa shape index (κ3) is 4.98. The van der Waals surface area contributed by atoms with Gasteiger partial charge in [-0.2, -0.15) is 0 Å². The van der Waals surface area contributed by atoms with Crippen molar-refractivity contribution in [3.63, 3.8) is 0 Å². The number of carbonyl (C=O) groups is 2. The van der Waals surface area contributed by atoms with Crippen LogP contribution in [0.25, 0.3) is 0 Å². The van der Waals surface area contributed by atoms with E-state index in [1.807, 2.05) is 0 Å². The van der Waals surface area contributed by atoms with Crippen LogP contribution in [0.3, 0.4) is 0 Å². The van der Waals surface area contributed by atoms with Crippen LogP contribution < -0.4 is 0 Å². The van der Waals surface area contributed by atoms with E-state index in [-0.39, 0.29) is 11.8 Å². The molecule has 1 saturated heterocycles. The minimum atomic E-state index is -0.957. The average Bonchev–Trinajstić information content (AvgIpc) is 2.43. The standard InChI is InChI=1S/C13H21BO6/c1-13(2)8-19-14(20-9-13)7-5-6-10(11(15)17-3)12(16)18-4/h5,7,10H,6,8-9H2,1-4H3/b7-5+. The van der Waals surface area contributed by atoms with Gasteiger partial charge in [-0.05, 0) is 6.42 Å². The molecule has 1 rings (SSSR count). The molecule has 6 nitrogen and oxygen atoms in total. The van der Waals surface area contributed by atoms with Gasteiger partial charge < -0.3 is 18.8 Å². The van der Waals surface area contributed by atoms with Gasteiger partial charge in [0.15, 0.2) is 5.92 Å². The van der Waals surface area contributed by atoms with E-state index in [1.165, 1.54) is 14.2 Å². The van der Waals surface area contributed by atoms with Crippen LogP contribution in [0.2, 0.25) is 0 Å². The van der Waals surface area contributed by atoms with Crippen LogP contribution >= 0.6 is 0 Å². The predicted molar refractivity (Wildman–Crippen MR) is 72.7 cm³/mol. The molecule has 0 aromatic heterocycles. The normalized spacial score (nSPS) is 18.4. The molecular formula is C13H21BO6. The van der Waals surface area contributed by atoms with Gasteiger partial charge in [0.1, 0.15) is 0 Å². The minimum Gasteiger partial charge on any atom is -0.468 e. The zero-order chi connectivity index (χ0) is 15.2. The van der Waals surface area contributed by atoms with Crippen molar-refractivity contribution in [2.45, 2.75) is 20.3 Å². The van der Waals surface area contributed by atoms with Gasteiger partial charge in [-0.25, -0.2) is 0 Å². The maximum absolute atomic E-state index is 11.5. The fourth-order valence-corrected chi connectivity index (χ4v) is 1.72. The summed E-state index contributed by atoms with van der Waals surface area (Å²) in [6, 6.07) is 0. The molecule has 0 N–H and O–H groups in total. The molecule has 0 aliphatic carbocycles. The molecule has 0 saturated carbocycles. The Balaban J connectivity index is 2.49. The van der Waals surface area contributed by atoms with E-state index in [0.717, 1.165) is 0 Å². The van der Waals surface area contributed by atoms with Crippen LogP contribution in [0.4, 0.5) is 0 Å². The van der Waals surface area contributed by atoms with Gasteiger partial charge in [0.2, 0.25) is 0 Å². The lowest BCUT2D eigenvalue weighted by atomic mass is 9.83. The first-order chi connectivity index (χ1) is 9.39. The molecule has 0 aromatic carbocycles. The molecule has 0 unspecified atom stereocenters. The van der Waals surface area contributed by atoms with Crippen molar-refractivity contribution in [2.24, 2.45) is 11.3 Å². The fraction of sp³-hybridized carbons (Fsp3) is 0.692. The first-order valence-electron chi connectivity index (χ1n) is 6.45. The molecule has 20 heavy (non-hydrogen) atoms. The molecular weight excluding hydrogens is 263 g/mol. The Morgan fingerprint density at radius 3 is 2.15 bits per heavy atom. The van der Waals surface area contributed by atoms with Gasteiger partial charge in [0, 0.05) is 18.6 Å². The highest BCUT2D eigenvalue weighted by Gasteiger charge is 2.31. The molecule has 1 fully saturated rings. The van der Waals surface area contributed by atoms with Crippen LogP contribution in [0, 0.1) is 11.3 Å². The number of methoxy groups -OCH3 is 2. The summed E-state index contributed by atoms with van der Waals surface area (Å²) in [6.07, 6.45) is 1.85. The lowest BCUT2D eigenvalue weighted by Gasteiger charge is -2.32. The quantitative estimate of drug-likeness (QED) is 0.426. The molecule has 1 aliphatic heterocycles. The van der Waals surface area contributed by atoms with Crippen molar-refractivity contribution in [1.82, 2.24) is 0 Å². The summed E-state index contributed by atoms with van der Waals surface area (Å²) in [5.74, 6) is -0.504. The second-order valence-corrected chi connectivity index (χ2v) is 5.42. The zero-order valence-corrected chi connectivity index (χ0v) is 12.4. The smallest absolute Gasteiger partial charge is 0.468 e. The Hall–Kier alpha value is -1.34. The molecule has 0 bridgehead atoms. The topological polar surface area (TPSA) is 71.1 Å². The Morgan fingerprint density at radius 1 is 1.20 bits per heavy atom. The number of allylic oxidation sites excluding steroid dienone is 1. The van der Waals surface area contributed by atoms with Gasteiger partial charge in [-0.1, -0.05) is 25.9 Å². The molecule has 0 spiro atoms. The summed E-state index contributed by atoms with van der Waals surface area (Å²) in [5.41, 5.74) is 0.00487. The number of esters is 2. The largest absolute Gasteiger partial charge is 0.485 e. The first kappa shape index (κ1) is 16.7. The maximum Gasteiger partial charge on any atom is 0.485 e. The van der Waals surface area contributed by atoms with Crippen LogP contribution in [-0.4, -0.2) is 46.5 Å². The second-order valence-electron chi connectivity index (χ2n) is 5.42. The SMILES string of the molecule is COC(=O)C(C/C=C/B1OCC(C)(C)CO1)C(=O)OC. The summed E-state index contributed by atoms with van der Waals surface area (Å²) in [4.78, 5) is 22.9. The van der Waals surface area contributed by atoms with Crippen molar-refractivity contribution < 1.29 is 28.4 Å². The van der Waals surface area contributed by atoms with E-state index >= 15 is 0 Å². The van der Waals surface area contributed by atoms with Crippen LogP contribution in [0.15, 0.2) is 12.1 Å². The molecule has 1 aliphatic rings. The molecule has 1 heterocycles. The Bertz CT molecular complexity index is 353. The van der Waals surface area contributed by atoms with Gasteiger partial charge in [0.05, 0.1) is 14.2 Å². The molecule has 112 valence electrons. The average molecular weight is 284 g/mol. The number of ether oxygens (including phenoxy) is 2. The van der Waals surface area contributed by atoms with E-state index in [9.17, 15) is 9.59 Å². The lowest BCUT2D eigenvalue weighted by Crippen LogP contribution is -2.39. The van der Waals surface area contributed by atoms with Crippen LogP contribution in [0.1, 0.15) is 20.3 Å². The van der Waals surface area contributed by atoms with E-state index in [2.05, 4.69) is 23.3 Å². The second kappa shape index (κ2) is 7.45. The first-order valence-corrected chi connectivity index (χ1v) is 6.45.